The van der Waals surface area contributed by atoms with Crippen LogP contribution in [0.2, 0.25) is 0 Å². The zero-order valence-corrected chi connectivity index (χ0v) is 9.29. The summed E-state index contributed by atoms with van der Waals surface area (Å²) in [5, 5.41) is 3.36. The van der Waals surface area contributed by atoms with Crippen molar-refractivity contribution in [1.29, 1.82) is 0 Å². The first-order chi connectivity index (χ1) is 6.59. The van der Waals surface area contributed by atoms with Gasteiger partial charge in [0.2, 0.25) is 5.91 Å². The number of hydrogen-bond acceptors (Lipinski definition) is 2. The molecule has 0 aromatic carbocycles. The summed E-state index contributed by atoms with van der Waals surface area (Å²) < 4.78 is 0. The fourth-order valence-corrected chi connectivity index (χ4v) is 2.09. The molecule has 1 amide bonds. The summed E-state index contributed by atoms with van der Waals surface area (Å²) in [6.45, 7) is 7.25. The molecule has 1 saturated carbocycles. The Hall–Kier alpha value is -0.570. The molecule has 0 bridgehead atoms. The van der Waals surface area contributed by atoms with Gasteiger partial charge in [-0.1, -0.05) is 13.8 Å². The Labute approximate surface area is 85.8 Å². The van der Waals surface area contributed by atoms with Crippen molar-refractivity contribution in [2.75, 3.05) is 6.54 Å². The van der Waals surface area contributed by atoms with Crippen LogP contribution in [-0.2, 0) is 4.79 Å². The number of nitrogens with zero attached hydrogens (tertiary/aromatic N) is 1. The molecule has 2 atom stereocenters. The molecule has 1 aliphatic carbocycles. The van der Waals surface area contributed by atoms with Gasteiger partial charge in [-0.05, 0) is 31.6 Å². The predicted octanol–water partition coefficient (Wildman–Crippen LogP) is 1.20. The highest BCUT2D eigenvalue weighted by molar-refractivity contribution is 5.84. The molecule has 1 N–H and O–H groups in total. The summed E-state index contributed by atoms with van der Waals surface area (Å²) in [6.07, 6.45) is 2.85. The molecule has 1 saturated heterocycles. The summed E-state index contributed by atoms with van der Waals surface area (Å²) in [6, 6.07) is 0.0451. The second-order valence-corrected chi connectivity index (χ2v) is 5.00. The Balaban J connectivity index is 1.99. The highest BCUT2D eigenvalue weighted by atomic mass is 16.2. The zero-order valence-electron chi connectivity index (χ0n) is 9.29. The van der Waals surface area contributed by atoms with Crippen LogP contribution in [0.15, 0.2) is 0 Å². The highest BCUT2D eigenvalue weighted by Gasteiger charge is 2.40. The van der Waals surface area contributed by atoms with Gasteiger partial charge in [-0.2, -0.15) is 0 Å². The number of amides is 1. The number of hydrogen-bond donors (Lipinski definition) is 1. The quantitative estimate of drug-likeness (QED) is 0.735. The predicted molar refractivity (Wildman–Crippen MR) is 55.7 cm³/mol. The van der Waals surface area contributed by atoms with Gasteiger partial charge in [-0.3, -0.25) is 10.1 Å². The first-order valence-electron chi connectivity index (χ1n) is 5.66. The van der Waals surface area contributed by atoms with Crippen LogP contribution in [0.25, 0.3) is 0 Å². The molecule has 0 aromatic heterocycles. The summed E-state index contributed by atoms with van der Waals surface area (Å²) in [7, 11) is 0. The lowest BCUT2D eigenvalue weighted by atomic mass is 10.1. The van der Waals surface area contributed by atoms with E-state index in [0.29, 0.717) is 11.8 Å². The van der Waals surface area contributed by atoms with E-state index in [1.54, 1.807) is 0 Å². The van der Waals surface area contributed by atoms with Crippen LogP contribution >= 0.6 is 0 Å². The van der Waals surface area contributed by atoms with E-state index in [2.05, 4.69) is 26.1 Å². The van der Waals surface area contributed by atoms with Crippen LogP contribution in [0.4, 0.5) is 0 Å². The molecule has 14 heavy (non-hydrogen) atoms. The van der Waals surface area contributed by atoms with Gasteiger partial charge in [0, 0.05) is 6.54 Å². The third kappa shape index (κ3) is 1.78. The van der Waals surface area contributed by atoms with Gasteiger partial charge >= 0.3 is 0 Å². The van der Waals surface area contributed by atoms with Gasteiger partial charge in [-0.15, -0.1) is 0 Å². The van der Waals surface area contributed by atoms with E-state index < -0.39 is 0 Å². The Bertz CT molecular complexity index is 235. The van der Waals surface area contributed by atoms with Gasteiger partial charge < -0.3 is 4.90 Å². The smallest absolute Gasteiger partial charge is 0.241 e. The van der Waals surface area contributed by atoms with Gasteiger partial charge in [-0.25, -0.2) is 0 Å². The lowest BCUT2D eigenvalue weighted by molar-refractivity contribution is -0.130. The van der Waals surface area contributed by atoms with E-state index in [-0.39, 0.29) is 12.2 Å². The molecule has 0 radical (unpaired) electrons. The summed E-state index contributed by atoms with van der Waals surface area (Å²) in [5.74, 6) is 1.49. The van der Waals surface area contributed by atoms with Crippen LogP contribution in [0, 0.1) is 11.8 Å². The molecule has 2 aliphatic rings. The standard InChI is InChI=1S/C11H20N2O/c1-7(2)10-11(14)13(8(3)12-10)6-9-4-5-9/h7-10,12H,4-6H2,1-3H3. The van der Waals surface area contributed by atoms with Crippen molar-refractivity contribution in [2.24, 2.45) is 11.8 Å². The molecule has 1 heterocycles. The number of nitrogens with one attached hydrogen (secondary N) is 1. The Kier molecular flexibility index (Phi) is 2.52. The molecule has 2 rings (SSSR count). The van der Waals surface area contributed by atoms with Crippen molar-refractivity contribution < 1.29 is 4.79 Å². The number of carbonyl (C=O) groups excluding carboxylic acids is 1. The maximum absolute atomic E-state index is 12.0. The third-order valence-electron chi connectivity index (χ3n) is 3.26. The van der Waals surface area contributed by atoms with Crippen LogP contribution in [0.1, 0.15) is 33.6 Å². The van der Waals surface area contributed by atoms with Gasteiger partial charge in [0.1, 0.15) is 0 Å². The van der Waals surface area contributed by atoms with E-state index >= 15 is 0 Å². The molecule has 2 unspecified atom stereocenters. The zero-order chi connectivity index (χ0) is 10.3. The fourth-order valence-electron chi connectivity index (χ4n) is 2.09. The van der Waals surface area contributed by atoms with Crippen molar-refractivity contribution >= 4 is 5.91 Å². The Morgan fingerprint density at radius 1 is 1.50 bits per heavy atom. The van der Waals surface area contributed by atoms with Crippen molar-refractivity contribution in [3.8, 4) is 0 Å². The van der Waals surface area contributed by atoms with Crippen LogP contribution in [0.5, 0.6) is 0 Å². The van der Waals surface area contributed by atoms with Crippen molar-refractivity contribution in [3.63, 3.8) is 0 Å². The largest absolute Gasteiger partial charge is 0.326 e. The van der Waals surface area contributed by atoms with Crippen molar-refractivity contribution in [3.05, 3.63) is 0 Å². The minimum atomic E-state index is 0.0451. The highest BCUT2D eigenvalue weighted by Crippen LogP contribution is 2.31. The molecule has 0 spiro atoms. The second kappa shape index (κ2) is 3.54. The molecule has 80 valence electrons. The average molecular weight is 196 g/mol. The normalized spacial score (nSPS) is 33.1. The Morgan fingerprint density at radius 2 is 2.14 bits per heavy atom. The molecule has 3 heteroatoms. The lowest BCUT2D eigenvalue weighted by Crippen LogP contribution is -2.36. The molecular formula is C11H20N2O. The number of rotatable bonds is 3. The van der Waals surface area contributed by atoms with Gasteiger partial charge in [0.15, 0.2) is 0 Å². The van der Waals surface area contributed by atoms with Gasteiger partial charge in [0.05, 0.1) is 12.2 Å². The lowest BCUT2D eigenvalue weighted by Gasteiger charge is -2.20. The van der Waals surface area contributed by atoms with Crippen LogP contribution in [0.3, 0.4) is 0 Å². The van der Waals surface area contributed by atoms with Crippen LogP contribution < -0.4 is 5.32 Å². The number of carbonyl (C=O) groups is 1. The van der Waals surface area contributed by atoms with Crippen molar-refractivity contribution in [2.45, 2.75) is 45.8 Å². The minimum Gasteiger partial charge on any atom is -0.326 e. The molecule has 1 aliphatic heterocycles. The minimum absolute atomic E-state index is 0.0451. The molecule has 0 aromatic rings. The first-order valence-corrected chi connectivity index (χ1v) is 5.66. The second-order valence-electron chi connectivity index (χ2n) is 5.00. The topological polar surface area (TPSA) is 32.3 Å². The maximum Gasteiger partial charge on any atom is 0.241 e. The van der Waals surface area contributed by atoms with E-state index in [9.17, 15) is 4.79 Å². The summed E-state index contributed by atoms with van der Waals surface area (Å²) in [4.78, 5) is 14.0. The van der Waals surface area contributed by atoms with Gasteiger partial charge in [0.25, 0.3) is 0 Å². The van der Waals surface area contributed by atoms with E-state index in [0.717, 1.165) is 12.5 Å². The SMILES string of the molecule is CC(C)C1NC(C)N(CC2CC2)C1=O. The average Bonchev–Trinajstić information content (AvgIpc) is 2.87. The molecule has 3 nitrogen and oxygen atoms in total. The van der Waals surface area contributed by atoms with E-state index in [4.69, 9.17) is 0 Å². The van der Waals surface area contributed by atoms with Crippen molar-refractivity contribution in [1.82, 2.24) is 10.2 Å². The molecular weight excluding hydrogens is 176 g/mol. The molecule has 2 fully saturated rings. The van der Waals surface area contributed by atoms with E-state index in [1.165, 1.54) is 12.8 Å². The van der Waals surface area contributed by atoms with E-state index in [1.807, 2.05) is 4.90 Å². The van der Waals surface area contributed by atoms with Crippen LogP contribution in [-0.4, -0.2) is 29.6 Å². The monoisotopic (exact) mass is 196 g/mol. The fraction of sp³-hybridized carbons (Fsp3) is 0.909. The summed E-state index contributed by atoms with van der Waals surface area (Å²) in [5.41, 5.74) is 0. The maximum atomic E-state index is 12.0. The Morgan fingerprint density at radius 3 is 2.57 bits per heavy atom. The first kappa shape index (κ1) is 9.97. The summed E-state index contributed by atoms with van der Waals surface area (Å²) >= 11 is 0. The third-order valence-corrected chi connectivity index (χ3v) is 3.26.